The van der Waals surface area contributed by atoms with Gasteiger partial charge in [0.05, 0.1) is 19.8 Å². The summed E-state index contributed by atoms with van der Waals surface area (Å²) in [5.41, 5.74) is 8.43. The minimum absolute atomic E-state index is 0.238. The largest absolute Gasteiger partial charge is 0.395 e. The summed E-state index contributed by atoms with van der Waals surface area (Å²) < 4.78 is 0. The number of hydrogen-bond acceptors (Lipinski definition) is 6. The normalized spacial score (nSPS) is 27.3. The van der Waals surface area contributed by atoms with Crippen LogP contribution in [0.1, 0.15) is 71.9 Å². The highest BCUT2D eigenvalue weighted by Gasteiger charge is 2.30. The molecule has 3 atom stereocenters. The highest BCUT2D eigenvalue weighted by molar-refractivity contribution is 5.51. The molecule has 0 radical (unpaired) electrons. The fraction of sp³-hybridized carbons (Fsp3) is 0.778. The molecule has 3 heterocycles. The summed E-state index contributed by atoms with van der Waals surface area (Å²) in [6, 6.07) is 0.810. The van der Waals surface area contributed by atoms with Gasteiger partial charge in [0.15, 0.2) is 0 Å². The van der Waals surface area contributed by atoms with Crippen LogP contribution in [0.2, 0.25) is 0 Å². The van der Waals surface area contributed by atoms with Crippen LogP contribution in [0.15, 0.2) is 0 Å². The number of hydrogen-bond donors (Lipinski definition) is 3. The number of likely N-dealkylation sites (tertiary alicyclic amines) is 3. The molecule has 3 saturated heterocycles. The lowest BCUT2D eigenvalue weighted by Crippen LogP contribution is -2.35. The number of rotatable bonds is 9. The Bertz CT molecular complexity index is 688. The van der Waals surface area contributed by atoms with Crippen LogP contribution >= 0.6 is 0 Å². The van der Waals surface area contributed by atoms with E-state index in [-0.39, 0.29) is 37.9 Å². The molecule has 0 unspecified atom stereocenters. The zero-order valence-corrected chi connectivity index (χ0v) is 21.0. The van der Waals surface area contributed by atoms with E-state index in [1.165, 1.54) is 33.4 Å². The van der Waals surface area contributed by atoms with E-state index in [0.717, 1.165) is 77.8 Å². The highest BCUT2D eigenvalue weighted by atomic mass is 16.3. The first kappa shape index (κ1) is 25.1. The molecule has 6 heteroatoms. The van der Waals surface area contributed by atoms with E-state index in [9.17, 15) is 15.3 Å². The third-order valence-electron chi connectivity index (χ3n) is 8.93. The predicted molar refractivity (Wildman–Crippen MR) is 132 cm³/mol. The Morgan fingerprint density at radius 2 is 0.818 bits per heavy atom. The van der Waals surface area contributed by atoms with Crippen LogP contribution in [0.4, 0.5) is 0 Å². The Kier molecular flexibility index (Phi) is 8.47. The average Bonchev–Trinajstić information content (AvgIpc) is 3.57. The van der Waals surface area contributed by atoms with Crippen LogP contribution in [0.25, 0.3) is 0 Å². The van der Waals surface area contributed by atoms with Gasteiger partial charge in [0.25, 0.3) is 0 Å². The van der Waals surface area contributed by atoms with Crippen LogP contribution in [0, 0.1) is 20.8 Å². The molecule has 1 aromatic carbocycles. The van der Waals surface area contributed by atoms with Gasteiger partial charge in [-0.05, 0) is 112 Å². The van der Waals surface area contributed by atoms with Gasteiger partial charge in [-0.25, -0.2) is 0 Å². The van der Waals surface area contributed by atoms with Gasteiger partial charge in [-0.15, -0.1) is 0 Å². The van der Waals surface area contributed by atoms with Gasteiger partial charge in [-0.1, -0.05) is 0 Å². The Balaban J connectivity index is 1.71. The minimum Gasteiger partial charge on any atom is -0.395 e. The number of aliphatic hydroxyl groups is 3. The van der Waals surface area contributed by atoms with Gasteiger partial charge >= 0.3 is 0 Å². The van der Waals surface area contributed by atoms with Crippen molar-refractivity contribution >= 4 is 0 Å². The van der Waals surface area contributed by atoms with Gasteiger partial charge in [0.2, 0.25) is 0 Å². The summed E-state index contributed by atoms with van der Waals surface area (Å²) in [7, 11) is 0. The van der Waals surface area contributed by atoms with Crippen LogP contribution in [0.3, 0.4) is 0 Å². The lowest BCUT2D eigenvalue weighted by molar-refractivity contribution is 0.149. The van der Waals surface area contributed by atoms with Crippen molar-refractivity contribution in [2.45, 2.75) is 97.1 Å². The van der Waals surface area contributed by atoms with Crippen molar-refractivity contribution in [3.05, 3.63) is 33.4 Å². The summed E-state index contributed by atoms with van der Waals surface area (Å²) >= 11 is 0. The molecule has 0 amide bonds. The van der Waals surface area contributed by atoms with E-state index in [1.807, 2.05) is 0 Å². The van der Waals surface area contributed by atoms with Crippen molar-refractivity contribution in [1.29, 1.82) is 0 Å². The number of nitrogens with zero attached hydrogens (tertiary/aromatic N) is 3. The number of aliphatic hydroxyl groups excluding tert-OH is 3. The third kappa shape index (κ3) is 5.16. The zero-order chi connectivity index (χ0) is 23.5. The highest BCUT2D eigenvalue weighted by Crippen LogP contribution is 2.34. The first-order chi connectivity index (χ1) is 16.0. The molecule has 1 aromatic rings. The molecular formula is C27H45N3O3. The SMILES string of the molecule is Cc1c(CN2CCC[C@H]2CO)c(C)c(CN2CCC[C@H]2CO)c(C)c1CN1CCC[C@H]1CO. The van der Waals surface area contributed by atoms with E-state index in [0.29, 0.717) is 0 Å². The van der Waals surface area contributed by atoms with E-state index < -0.39 is 0 Å². The van der Waals surface area contributed by atoms with Crippen LogP contribution in [-0.2, 0) is 19.6 Å². The molecule has 0 spiro atoms. The third-order valence-corrected chi connectivity index (χ3v) is 8.93. The monoisotopic (exact) mass is 459 g/mol. The molecule has 0 saturated carbocycles. The molecule has 186 valence electrons. The van der Waals surface area contributed by atoms with Gasteiger partial charge in [-0.2, -0.15) is 0 Å². The maximum absolute atomic E-state index is 9.90. The molecule has 0 bridgehead atoms. The molecule has 0 aromatic heterocycles. The molecule has 0 aliphatic carbocycles. The Hall–Kier alpha value is -1.02. The molecule has 3 aliphatic heterocycles. The summed E-state index contributed by atoms with van der Waals surface area (Å²) in [6.07, 6.45) is 6.72. The summed E-state index contributed by atoms with van der Waals surface area (Å²) in [6.45, 7) is 13.4. The lowest BCUT2D eigenvalue weighted by atomic mass is 9.87. The second kappa shape index (κ2) is 11.1. The second-order valence-corrected chi connectivity index (χ2v) is 10.7. The summed E-state index contributed by atoms with van der Waals surface area (Å²) in [5.74, 6) is 0. The molecular weight excluding hydrogens is 414 g/mol. The maximum atomic E-state index is 9.90. The van der Waals surface area contributed by atoms with Gasteiger partial charge in [0, 0.05) is 37.8 Å². The van der Waals surface area contributed by atoms with Crippen LogP contribution in [-0.4, -0.2) is 87.6 Å². The standard InChI is InChI=1S/C27H45N3O3/c1-19-25(13-28-10-4-7-22(28)16-31)20(2)27(15-30-12-6-9-24(30)18-33)21(3)26(19)14-29-11-5-8-23(29)17-32/h22-24,31-33H,4-18H2,1-3H3/t22-,23-,24-/m0/s1. The Labute approximate surface area is 200 Å². The van der Waals surface area contributed by atoms with Crippen molar-refractivity contribution in [3.63, 3.8) is 0 Å². The number of benzene rings is 1. The van der Waals surface area contributed by atoms with E-state index in [2.05, 4.69) is 35.5 Å². The van der Waals surface area contributed by atoms with Crippen molar-refractivity contribution in [1.82, 2.24) is 14.7 Å². The molecule has 3 fully saturated rings. The van der Waals surface area contributed by atoms with Crippen LogP contribution < -0.4 is 0 Å². The van der Waals surface area contributed by atoms with Crippen molar-refractivity contribution in [2.24, 2.45) is 0 Å². The van der Waals surface area contributed by atoms with Crippen LogP contribution in [0.5, 0.6) is 0 Å². The first-order valence-corrected chi connectivity index (χ1v) is 13.1. The average molecular weight is 460 g/mol. The Morgan fingerprint density at radius 1 is 0.545 bits per heavy atom. The van der Waals surface area contributed by atoms with Crippen molar-refractivity contribution < 1.29 is 15.3 Å². The van der Waals surface area contributed by atoms with E-state index >= 15 is 0 Å². The quantitative estimate of drug-likeness (QED) is 0.527. The van der Waals surface area contributed by atoms with Gasteiger partial charge < -0.3 is 15.3 Å². The molecule has 3 N–H and O–H groups in total. The zero-order valence-electron chi connectivity index (χ0n) is 21.0. The topological polar surface area (TPSA) is 70.4 Å². The van der Waals surface area contributed by atoms with Gasteiger partial charge in [0.1, 0.15) is 0 Å². The molecule has 6 nitrogen and oxygen atoms in total. The lowest BCUT2D eigenvalue weighted by Gasteiger charge is -2.32. The Morgan fingerprint density at radius 3 is 1.06 bits per heavy atom. The van der Waals surface area contributed by atoms with Crippen molar-refractivity contribution in [2.75, 3.05) is 39.5 Å². The maximum Gasteiger partial charge on any atom is 0.0587 e. The smallest absolute Gasteiger partial charge is 0.0587 e. The van der Waals surface area contributed by atoms with E-state index in [4.69, 9.17) is 0 Å². The summed E-state index contributed by atoms with van der Waals surface area (Å²) in [5, 5.41) is 29.7. The fourth-order valence-corrected chi connectivity index (χ4v) is 6.64. The predicted octanol–water partition coefficient (Wildman–Crippen LogP) is 2.48. The van der Waals surface area contributed by atoms with Crippen molar-refractivity contribution in [3.8, 4) is 0 Å². The second-order valence-electron chi connectivity index (χ2n) is 10.7. The first-order valence-electron chi connectivity index (χ1n) is 13.1. The molecule has 33 heavy (non-hydrogen) atoms. The van der Waals surface area contributed by atoms with E-state index in [1.54, 1.807) is 0 Å². The summed E-state index contributed by atoms with van der Waals surface area (Å²) in [4.78, 5) is 7.41. The minimum atomic E-state index is 0.238. The molecule has 4 rings (SSSR count). The van der Waals surface area contributed by atoms with Gasteiger partial charge in [-0.3, -0.25) is 14.7 Å². The molecule has 3 aliphatic rings. The fourth-order valence-electron chi connectivity index (χ4n) is 6.64.